The lowest BCUT2D eigenvalue weighted by molar-refractivity contribution is 0.0851. The molecule has 8 heteroatoms. The lowest BCUT2D eigenvalue weighted by Crippen LogP contribution is -2.31. The third-order valence-electron chi connectivity index (χ3n) is 7.14. The summed E-state index contributed by atoms with van der Waals surface area (Å²) in [6.45, 7) is 8.19. The highest BCUT2D eigenvalue weighted by molar-refractivity contribution is 5.64. The molecule has 0 bridgehead atoms. The van der Waals surface area contributed by atoms with E-state index in [4.69, 9.17) is 20.2 Å². The van der Waals surface area contributed by atoms with E-state index in [1.165, 1.54) is 16.7 Å². The number of hydrogen-bond donors (Lipinski definition) is 1. The number of benzene rings is 1. The van der Waals surface area contributed by atoms with E-state index in [0.29, 0.717) is 23.6 Å². The molecule has 0 unspecified atom stereocenters. The van der Waals surface area contributed by atoms with E-state index < -0.39 is 0 Å². The van der Waals surface area contributed by atoms with Gasteiger partial charge in [0.2, 0.25) is 0 Å². The monoisotopic (exact) mass is 462 g/mol. The van der Waals surface area contributed by atoms with Crippen LogP contribution in [0.1, 0.15) is 54.3 Å². The van der Waals surface area contributed by atoms with Gasteiger partial charge in [-0.2, -0.15) is 5.10 Å². The second-order valence-electron chi connectivity index (χ2n) is 9.65. The van der Waals surface area contributed by atoms with Crippen molar-refractivity contribution in [1.29, 1.82) is 0 Å². The zero-order valence-corrected chi connectivity index (χ0v) is 20.3. The highest BCUT2D eigenvalue weighted by Crippen LogP contribution is 2.35. The molecular weight excluding hydrogens is 428 g/mol. The van der Waals surface area contributed by atoms with Gasteiger partial charge >= 0.3 is 0 Å². The summed E-state index contributed by atoms with van der Waals surface area (Å²) in [5.74, 6) is 1.76. The van der Waals surface area contributed by atoms with Gasteiger partial charge in [-0.15, -0.1) is 0 Å². The van der Waals surface area contributed by atoms with Crippen LogP contribution in [-0.4, -0.2) is 58.0 Å². The van der Waals surface area contributed by atoms with E-state index in [-0.39, 0.29) is 5.82 Å². The molecule has 5 rings (SSSR count). The molecule has 8 nitrogen and oxygen atoms in total. The van der Waals surface area contributed by atoms with Crippen molar-refractivity contribution in [2.75, 3.05) is 39.1 Å². The van der Waals surface area contributed by atoms with E-state index in [1.54, 1.807) is 12.4 Å². The zero-order chi connectivity index (χ0) is 23.7. The fraction of sp³-hybridized carbons (Fsp3) is 0.500. The van der Waals surface area contributed by atoms with Gasteiger partial charge in [-0.05, 0) is 94.4 Å². The van der Waals surface area contributed by atoms with Crippen molar-refractivity contribution in [2.45, 2.75) is 51.5 Å². The first-order valence-electron chi connectivity index (χ1n) is 12.2. The molecule has 1 aromatic carbocycles. The summed E-state index contributed by atoms with van der Waals surface area (Å²) in [6.07, 6.45) is 9.68. The van der Waals surface area contributed by atoms with E-state index in [9.17, 15) is 0 Å². The number of aryl methyl sites for hydroxylation is 2. The average Bonchev–Trinajstić information content (AvgIpc) is 3.30. The minimum atomic E-state index is 0.267. The van der Waals surface area contributed by atoms with E-state index >= 15 is 0 Å². The van der Waals surface area contributed by atoms with Crippen LogP contribution < -0.4 is 10.5 Å². The second kappa shape index (κ2) is 9.72. The Morgan fingerprint density at radius 3 is 2.44 bits per heavy atom. The Balaban J connectivity index is 1.36. The Hall–Kier alpha value is -2.97. The topological polar surface area (TPSA) is 91.3 Å². The number of nitrogens with zero attached hydrogens (tertiary/aromatic N) is 5. The van der Waals surface area contributed by atoms with Gasteiger partial charge in [-0.3, -0.25) is 4.68 Å². The van der Waals surface area contributed by atoms with Gasteiger partial charge in [0.1, 0.15) is 0 Å². The minimum Gasteiger partial charge on any atom is -0.433 e. The van der Waals surface area contributed by atoms with Gasteiger partial charge in [0.05, 0.1) is 30.3 Å². The van der Waals surface area contributed by atoms with Gasteiger partial charge in [-0.25, -0.2) is 9.97 Å². The lowest BCUT2D eigenvalue weighted by atomic mass is 9.84. The summed E-state index contributed by atoms with van der Waals surface area (Å²) in [5, 5.41) is 4.52. The second-order valence-corrected chi connectivity index (χ2v) is 9.65. The Labute approximate surface area is 201 Å². The molecule has 0 radical (unpaired) electrons. The molecule has 2 saturated heterocycles. The van der Waals surface area contributed by atoms with Gasteiger partial charge in [-0.1, -0.05) is 0 Å². The molecule has 2 aromatic heterocycles. The molecule has 2 N–H and O–H groups in total. The van der Waals surface area contributed by atoms with Crippen molar-refractivity contribution < 1.29 is 9.47 Å². The summed E-state index contributed by atoms with van der Waals surface area (Å²) in [5.41, 5.74) is 11.9. The number of ether oxygens (including phenoxy) is 2. The van der Waals surface area contributed by atoms with Gasteiger partial charge in [0, 0.05) is 18.8 Å². The molecule has 34 heavy (non-hydrogen) atoms. The Bertz CT molecular complexity index is 1120. The van der Waals surface area contributed by atoms with Crippen molar-refractivity contribution in [3.63, 3.8) is 0 Å². The molecule has 3 aromatic rings. The predicted octanol–water partition coefficient (Wildman–Crippen LogP) is 4.49. The molecule has 2 aliphatic heterocycles. The molecule has 180 valence electrons. The van der Waals surface area contributed by atoms with Crippen LogP contribution in [0.3, 0.4) is 0 Å². The summed E-state index contributed by atoms with van der Waals surface area (Å²) < 4.78 is 13.6. The first kappa shape index (κ1) is 22.8. The normalized spacial score (nSPS) is 18.3. The number of piperidine rings is 1. The summed E-state index contributed by atoms with van der Waals surface area (Å²) in [6, 6.07) is 4.78. The number of likely N-dealkylation sites (tertiary alicyclic amines) is 1. The number of nitrogen functional groups attached to an aromatic ring is 1. The number of nitrogens with two attached hydrogens (primary N) is 1. The van der Waals surface area contributed by atoms with Crippen molar-refractivity contribution in [2.24, 2.45) is 0 Å². The summed E-state index contributed by atoms with van der Waals surface area (Å²) in [4.78, 5) is 11.4. The summed E-state index contributed by atoms with van der Waals surface area (Å²) >= 11 is 0. The van der Waals surface area contributed by atoms with E-state index in [2.05, 4.69) is 48.0 Å². The molecular formula is C26H34N6O2. The molecule has 0 amide bonds. The van der Waals surface area contributed by atoms with Crippen molar-refractivity contribution >= 4 is 5.82 Å². The first-order chi connectivity index (χ1) is 16.5. The lowest BCUT2D eigenvalue weighted by Gasteiger charge is -2.28. The molecule has 0 spiro atoms. The van der Waals surface area contributed by atoms with Crippen LogP contribution >= 0.6 is 0 Å². The number of rotatable bonds is 5. The van der Waals surface area contributed by atoms with Gasteiger partial charge in [0.25, 0.3) is 5.88 Å². The molecule has 0 saturated carbocycles. The number of hydrogen-bond acceptors (Lipinski definition) is 7. The fourth-order valence-electron chi connectivity index (χ4n) is 5.29. The maximum atomic E-state index is 6.12. The van der Waals surface area contributed by atoms with E-state index in [0.717, 1.165) is 63.2 Å². The molecule has 2 fully saturated rings. The predicted molar refractivity (Wildman–Crippen MR) is 132 cm³/mol. The largest absolute Gasteiger partial charge is 0.433 e. The molecule has 2 aliphatic rings. The van der Waals surface area contributed by atoms with Crippen LogP contribution in [0.4, 0.5) is 5.82 Å². The van der Waals surface area contributed by atoms with Gasteiger partial charge in [0.15, 0.2) is 11.6 Å². The molecule has 0 atom stereocenters. The minimum absolute atomic E-state index is 0.267. The Morgan fingerprint density at radius 1 is 1.03 bits per heavy atom. The van der Waals surface area contributed by atoms with Crippen LogP contribution in [0.2, 0.25) is 0 Å². The van der Waals surface area contributed by atoms with Crippen LogP contribution in [0.25, 0.3) is 11.3 Å². The van der Waals surface area contributed by atoms with Crippen LogP contribution in [0.5, 0.6) is 11.6 Å². The smallest absolute Gasteiger partial charge is 0.263 e. The third kappa shape index (κ3) is 4.79. The first-order valence-corrected chi connectivity index (χ1v) is 12.2. The van der Waals surface area contributed by atoms with Crippen molar-refractivity contribution in [3.05, 3.63) is 47.4 Å². The van der Waals surface area contributed by atoms with Crippen LogP contribution in [0, 0.1) is 13.8 Å². The Morgan fingerprint density at radius 2 is 1.74 bits per heavy atom. The molecule has 4 heterocycles. The standard InChI is InChI=1S/C26H34N6O2/c1-17-12-20(13-18(2)24(17)19-6-10-33-11-7-19)23-15-28-25(27)26(30-23)34-22-14-29-32(16-22)21-4-8-31(3)9-5-21/h12-16,19,21H,4-11H2,1-3H3,(H2,27,28). The quantitative estimate of drug-likeness (QED) is 0.597. The zero-order valence-electron chi connectivity index (χ0n) is 20.3. The highest BCUT2D eigenvalue weighted by atomic mass is 16.5. The molecule has 0 aliphatic carbocycles. The average molecular weight is 463 g/mol. The third-order valence-corrected chi connectivity index (χ3v) is 7.14. The van der Waals surface area contributed by atoms with Crippen molar-refractivity contribution in [3.8, 4) is 22.9 Å². The Kier molecular flexibility index (Phi) is 6.52. The van der Waals surface area contributed by atoms with Crippen LogP contribution in [-0.2, 0) is 4.74 Å². The van der Waals surface area contributed by atoms with E-state index in [1.807, 2.05) is 10.9 Å². The maximum absolute atomic E-state index is 6.12. The van der Waals surface area contributed by atoms with Crippen LogP contribution in [0.15, 0.2) is 30.7 Å². The summed E-state index contributed by atoms with van der Waals surface area (Å²) in [7, 11) is 2.16. The SMILES string of the molecule is Cc1cc(-c2cnc(N)c(Oc3cnn(C4CCN(C)CC4)c3)n2)cc(C)c1C1CCOCC1. The number of aromatic nitrogens is 4. The number of anilines is 1. The fourth-order valence-corrected chi connectivity index (χ4v) is 5.29. The van der Waals surface area contributed by atoms with Gasteiger partial charge < -0.3 is 20.1 Å². The maximum Gasteiger partial charge on any atom is 0.263 e. The van der Waals surface area contributed by atoms with Crippen molar-refractivity contribution in [1.82, 2.24) is 24.6 Å². The highest BCUT2D eigenvalue weighted by Gasteiger charge is 2.22.